The van der Waals surface area contributed by atoms with Crippen molar-refractivity contribution in [2.24, 2.45) is 0 Å². The van der Waals surface area contributed by atoms with Gasteiger partial charge in [0.2, 0.25) is 5.60 Å². The Morgan fingerprint density at radius 3 is 2.57 bits per heavy atom. The molecule has 0 saturated carbocycles. The van der Waals surface area contributed by atoms with Crippen LogP contribution in [0.3, 0.4) is 0 Å². The molecule has 2 aliphatic heterocycles. The van der Waals surface area contributed by atoms with Crippen molar-refractivity contribution in [2.75, 3.05) is 6.61 Å². The number of rotatable bonds is 7. The standard InChI is InChI=1S/C31H34N2O9/c1-6-18-19-13-17(40-29(38)42-30(3,4)5)10-11-23(19)32-26-20(18)15-33-24(26)14-22-21(27(33)36)16-39-28(37)31(22,7-2)41-25(35)9-8-12-34/h10-11,13-14,34H,6-9,12,15-16H2,1-5H3/t31-/m0/s1. The summed E-state index contributed by atoms with van der Waals surface area (Å²) >= 11 is 0. The highest BCUT2D eigenvalue weighted by atomic mass is 16.7. The summed E-state index contributed by atoms with van der Waals surface area (Å²) in [5.41, 5.74) is 1.23. The summed E-state index contributed by atoms with van der Waals surface area (Å²) in [6, 6.07) is 6.82. The van der Waals surface area contributed by atoms with Crippen molar-refractivity contribution in [3.05, 3.63) is 56.9 Å². The number of fused-ring (bicyclic) bond motifs is 5. The number of aliphatic hydroxyl groups excluding tert-OH is 1. The maximum atomic E-state index is 13.8. The highest BCUT2D eigenvalue weighted by molar-refractivity contribution is 5.91. The molecule has 0 saturated heterocycles. The van der Waals surface area contributed by atoms with Crippen LogP contribution in [0, 0.1) is 0 Å². The highest BCUT2D eigenvalue weighted by Gasteiger charge is 2.50. The lowest BCUT2D eigenvalue weighted by molar-refractivity contribution is -0.189. The predicted molar refractivity (Wildman–Crippen MR) is 151 cm³/mol. The van der Waals surface area contributed by atoms with Crippen molar-refractivity contribution >= 4 is 29.0 Å². The molecule has 0 aliphatic carbocycles. The number of aryl methyl sites for hydroxylation is 1. The van der Waals surface area contributed by atoms with Gasteiger partial charge in [0, 0.05) is 29.5 Å². The number of esters is 2. The molecule has 2 aliphatic rings. The van der Waals surface area contributed by atoms with Crippen molar-refractivity contribution in [3.63, 3.8) is 0 Å². The summed E-state index contributed by atoms with van der Waals surface area (Å²) in [4.78, 5) is 56.7. The third kappa shape index (κ3) is 5.02. The second-order valence-corrected chi connectivity index (χ2v) is 11.4. The largest absolute Gasteiger partial charge is 0.514 e. The Kier molecular flexibility index (Phi) is 7.57. The molecule has 42 heavy (non-hydrogen) atoms. The lowest BCUT2D eigenvalue weighted by Crippen LogP contribution is -2.47. The van der Waals surface area contributed by atoms with Crippen LogP contribution >= 0.6 is 0 Å². The van der Waals surface area contributed by atoms with E-state index in [0.717, 1.165) is 16.5 Å². The molecule has 0 spiro atoms. The number of benzene rings is 1. The first-order chi connectivity index (χ1) is 19.9. The van der Waals surface area contributed by atoms with Crippen LogP contribution in [0.4, 0.5) is 4.79 Å². The van der Waals surface area contributed by atoms with Crippen LogP contribution < -0.4 is 10.3 Å². The minimum atomic E-state index is -1.78. The average Bonchev–Trinajstić information content (AvgIpc) is 3.29. The average molecular weight is 579 g/mol. The van der Waals surface area contributed by atoms with E-state index in [1.165, 1.54) is 0 Å². The van der Waals surface area contributed by atoms with Crippen LogP contribution in [-0.2, 0) is 49.0 Å². The van der Waals surface area contributed by atoms with Crippen LogP contribution in [-0.4, -0.2) is 45.0 Å². The Balaban J connectivity index is 1.61. The third-order valence-electron chi connectivity index (χ3n) is 7.52. The zero-order valence-corrected chi connectivity index (χ0v) is 24.4. The Bertz CT molecular complexity index is 1670. The van der Waals surface area contributed by atoms with E-state index in [4.69, 9.17) is 29.0 Å². The van der Waals surface area contributed by atoms with Gasteiger partial charge in [0.25, 0.3) is 5.56 Å². The topological polar surface area (TPSA) is 143 Å². The molecule has 0 bridgehead atoms. The molecule has 0 fully saturated rings. The van der Waals surface area contributed by atoms with E-state index >= 15 is 0 Å². The van der Waals surface area contributed by atoms with Crippen LogP contribution in [0.25, 0.3) is 22.3 Å². The summed E-state index contributed by atoms with van der Waals surface area (Å²) in [7, 11) is 0. The molecule has 0 radical (unpaired) electrons. The lowest BCUT2D eigenvalue weighted by Gasteiger charge is -2.35. The van der Waals surface area contributed by atoms with E-state index in [9.17, 15) is 19.2 Å². The first kappa shape index (κ1) is 29.2. The highest BCUT2D eigenvalue weighted by Crippen LogP contribution is 2.42. The van der Waals surface area contributed by atoms with Gasteiger partial charge in [0.15, 0.2) is 0 Å². The van der Waals surface area contributed by atoms with E-state index in [-0.39, 0.29) is 50.1 Å². The molecule has 0 unspecified atom stereocenters. The number of hydrogen-bond donors (Lipinski definition) is 1. The molecule has 4 heterocycles. The molecule has 11 nitrogen and oxygen atoms in total. The number of pyridine rings is 2. The Morgan fingerprint density at radius 1 is 1.14 bits per heavy atom. The van der Waals surface area contributed by atoms with E-state index in [1.807, 2.05) is 6.92 Å². The molecule has 1 N–H and O–H groups in total. The smallest absolute Gasteiger partial charge is 0.457 e. The number of carbonyl (C=O) groups excluding carboxylic acids is 3. The van der Waals surface area contributed by atoms with Crippen molar-refractivity contribution in [1.82, 2.24) is 9.55 Å². The summed E-state index contributed by atoms with van der Waals surface area (Å²) < 4.78 is 23.4. The van der Waals surface area contributed by atoms with Gasteiger partial charge < -0.3 is 28.6 Å². The molecule has 2 aromatic heterocycles. The second-order valence-electron chi connectivity index (χ2n) is 11.4. The molecule has 11 heteroatoms. The minimum Gasteiger partial charge on any atom is -0.457 e. The first-order valence-electron chi connectivity index (χ1n) is 14.1. The molecule has 5 rings (SSSR count). The van der Waals surface area contributed by atoms with Crippen LogP contribution in [0.2, 0.25) is 0 Å². The fraction of sp³-hybridized carbons (Fsp3) is 0.452. The van der Waals surface area contributed by atoms with Gasteiger partial charge in [0.1, 0.15) is 18.0 Å². The molecule has 1 atom stereocenters. The monoisotopic (exact) mass is 578 g/mol. The fourth-order valence-electron chi connectivity index (χ4n) is 5.60. The van der Waals surface area contributed by atoms with Crippen LogP contribution in [0.5, 0.6) is 5.75 Å². The number of hydrogen-bond acceptors (Lipinski definition) is 10. The molecule has 3 aromatic rings. The normalized spacial score (nSPS) is 17.2. The summed E-state index contributed by atoms with van der Waals surface area (Å²) in [5.74, 6) is -1.10. The van der Waals surface area contributed by atoms with Gasteiger partial charge in [-0.25, -0.2) is 14.6 Å². The Labute approximate surface area is 242 Å². The number of cyclic esters (lactones) is 1. The zero-order valence-electron chi connectivity index (χ0n) is 24.4. The summed E-state index contributed by atoms with van der Waals surface area (Å²) in [5, 5.41) is 9.90. The Morgan fingerprint density at radius 2 is 1.90 bits per heavy atom. The van der Waals surface area contributed by atoms with Crippen LogP contribution in [0.1, 0.15) is 76.1 Å². The summed E-state index contributed by atoms with van der Waals surface area (Å²) in [6.07, 6.45) is -0.0387. The number of aliphatic hydroxyl groups is 1. The zero-order chi connectivity index (χ0) is 30.4. The molecule has 0 amide bonds. The van der Waals surface area contributed by atoms with Gasteiger partial charge in [-0.05, 0) is 69.9 Å². The van der Waals surface area contributed by atoms with Gasteiger partial charge in [0.05, 0.1) is 29.0 Å². The fourth-order valence-corrected chi connectivity index (χ4v) is 5.60. The van der Waals surface area contributed by atoms with Crippen molar-refractivity contribution in [1.29, 1.82) is 0 Å². The molecular formula is C31H34N2O9. The van der Waals surface area contributed by atoms with Gasteiger partial charge in [-0.15, -0.1) is 0 Å². The number of carbonyl (C=O) groups is 3. The number of nitrogens with zero attached hydrogens (tertiary/aromatic N) is 2. The van der Waals surface area contributed by atoms with Gasteiger partial charge >= 0.3 is 18.1 Å². The van der Waals surface area contributed by atoms with Gasteiger partial charge in [-0.1, -0.05) is 13.8 Å². The van der Waals surface area contributed by atoms with E-state index in [2.05, 4.69) is 0 Å². The molecule has 1 aromatic carbocycles. The maximum Gasteiger partial charge on any atom is 0.514 e. The molecular weight excluding hydrogens is 544 g/mol. The SMILES string of the molecule is CCc1c2c(nc3ccc(OC(=O)OC(C)(C)C)cc13)-c1cc3c(c(=O)n1C2)COC(=O)[C@@]3(CC)OC(=O)CCCO. The van der Waals surface area contributed by atoms with Gasteiger partial charge in [-0.2, -0.15) is 0 Å². The third-order valence-corrected chi connectivity index (χ3v) is 7.52. The van der Waals surface area contributed by atoms with Crippen molar-refractivity contribution < 1.29 is 38.4 Å². The Hall–Kier alpha value is -4.25. The van der Waals surface area contributed by atoms with Crippen molar-refractivity contribution in [2.45, 2.75) is 84.7 Å². The van der Waals surface area contributed by atoms with Crippen molar-refractivity contribution in [3.8, 4) is 17.1 Å². The summed E-state index contributed by atoms with van der Waals surface area (Å²) in [6.45, 7) is 8.76. The first-order valence-corrected chi connectivity index (χ1v) is 14.1. The lowest BCUT2D eigenvalue weighted by atomic mass is 9.85. The number of aromatic nitrogens is 2. The van der Waals surface area contributed by atoms with E-state index in [1.54, 1.807) is 56.5 Å². The van der Waals surface area contributed by atoms with E-state index < -0.39 is 29.3 Å². The maximum absolute atomic E-state index is 13.8. The van der Waals surface area contributed by atoms with Gasteiger partial charge in [-0.3, -0.25) is 9.59 Å². The molecule has 222 valence electrons. The second kappa shape index (κ2) is 10.9. The minimum absolute atomic E-state index is 0.0607. The van der Waals surface area contributed by atoms with E-state index in [0.29, 0.717) is 34.6 Å². The van der Waals surface area contributed by atoms with Crippen LogP contribution in [0.15, 0.2) is 29.1 Å². The quantitative estimate of drug-likeness (QED) is 0.192. The number of ether oxygens (including phenoxy) is 4. The predicted octanol–water partition coefficient (Wildman–Crippen LogP) is 4.28.